The van der Waals surface area contributed by atoms with Gasteiger partial charge in [0.25, 0.3) is 15.9 Å². The maximum Gasteiger partial charge on any atom is 0.261 e. The van der Waals surface area contributed by atoms with Crippen molar-refractivity contribution in [2.24, 2.45) is 0 Å². The zero-order valence-electron chi connectivity index (χ0n) is 15.6. The third-order valence-corrected chi connectivity index (χ3v) is 7.06. The molecule has 3 aromatic rings. The van der Waals surface area contributed by atoms with Gasteiger partial charge in [-0.3, -0.25) is 14.8 Å². The molecule has 2 N–H and O–H groups in total. The van der Waals surface area contributed by atoms with Crippen molar-refractivity contribution in [3.05, 3.63) is 64.7 Å². The van der Waals surface area contributed by atoms with Crippen LogP contribution in [0.1, 0.15) is 27.3 Å². The number of sulfonamides is 1. The Labute approximate surface area is 172 Å². The van der Waals surface area contributed by atoms with Crippen LogP contribution in [0.2, 0.25) is 0 Å². The lowest BCUT2D eigenvalue weighted by molar-refractivity contribution is 0.102. The molecule has 0 saturated heterocycles. The molecule has 1 aliphatic rings. The number of ether oxygens (including phenoxy) is 1. The first-order valence-corrected chi connectivity index (χ1v) is 11.3. The summed E-state index contributed by atoms with van der Waals surface area (Å²) in [7, 11) is -2.36. The standard InChI is InChI=1S/C20H19N3O4S2/c1-27-13-9-11-14(12-10-13)29(25,26)23-16-6-3-2-5-15(16)19(24)22-20-21-17-7-4-8-18(17)28-20/h2-3,5-6,9-12,23H,4,7-8H2,1H3,(H,21,22,24). The van der Waals surface area contributed by atoms with E-state index >= 15 is 0 Å². The molecular formula is C20H19N3O4S2. The molecule has 0 unspecified atom stereocenters. The molecule has 1 heterocycles. The molecule has 1 aliphatic carbocycles. The van der Waals surface area contributed by atoms with Gasteiger partial charge in [0, 0.05) is 4.88 Å². The lowest BCUT2D eigenvalue weighted by atomic mass is 10.2. The lowest BCUT2D eigenvalue weighted by Gasteiger charge is -2.12. The molecule has 0 radical (unpaired) electrons. The Morgan fingerprint density at radius 3 is 2.59 bits per heavy atom. The first-order chi connectivity index (χ1) is 14.0. The molecular weight excluding hydrogens is 410 g/mol. The van der Waals surface area contributed by atoms with Crippen molar-refractivity contribution < 1.29 is 17.9 Å². The van der Waals surface area contributed by atoms with Gasteiger partial charge in [0.2, 0.25) is 0 Å². The van der Waals surface area contributed by atoms with Crippen molar-refractivity contribution in [1.29, 1.82) is 0 Å². The van der Waals surface area contributed by atoms with Crippen molar-refractivity contribution in [2.45, 2.75) is 24.2 Å². The van der Waals surface area contributed by atoms with E-state index in [1.807, 2.05) is 0 Å². The van der Waals surface area contributed by atoms with Crippen molar-refractivity contribution in [3.8, 4) is 5.75 Å². The Morgan fingerprint density at radius 1 is 1.10 bits per heavy atom. The van der Waals surface area contributed by atoms with Crippen LogP contribution in [0.3, 0.4) is 0 Å². The highest BCUT2D eigenvalue weighted by Crippen LogP contribution is 2.31. The molecule has 2 aromatic carbocycles. The van der Waals surface area contributed by atoms with Crippen molar-refractivity contribution in [2.75, 3.05) is 17.1 Å². The number of para-hydroxylation sites is 1. The highest BCUT2D eigenvalue weighted by molar-refractivity contribution is 7.92. The second-order valence-corrected chi connectivity index (χ2v) is 9.29. The molecule has 0 saturated carbocycles. The third-order valence-electron chi connectivity index (χ3n) is 4.60. The number of fused-ring (bicyclic) bond motifs is 1. The predicted molar refractivity (Wildman–Crippen MR) is 112 cm³/mol. The fourth-order valence-corrected chi connectivity index (χ4v) is 5.26. The number of nitrogens with zero attached hydrogens (tertiary/aromatic N) is 1. The minimum absolute atomic E-state index is 0.0739. The van der Waals surface area contributed by atoms with Gasteiger partial charge >= 0.3 is 0 Å². The Hall–Kier alpha value is -2.91. The normalized spacial score (nSPS) is 13.0. The van der Waals surface area contributed by atoms with Crippen molar-refractivity contribution in [3.63, 3.8) is 0 Å². The van der Waals surface area contributed by atoms with Crippen LogP contribution in [0.15, 0.2) is 53.4 Å². The van der Waals surface area contributed by atoms with E-state index in [0.29, 0.717) is 10.9 Å². The van der Waals surface area contributed by atoms with E-state index in [-0.39, 0.29) is 16.1 Å². The van der Waals surface area contributed by atoms with Gasteiger partial charge in [-0.1, -0.05) is 12.1 Å². The summed E-state index contributed by atoms with van der Waals surface area (Å²) in [6.07, 6.45) is 3.01. The van der Waals surface area contributed by atoms with Crippen molar-refractivity contribution >= 4 is 38.1 Å². The average Bonchev–Trinajstić information content (AvgIpc) is 3.30. The monoisotopic (exact) mass is 429 g/mol. The molecule has 0 bridgehead atoms. The number of anilines is 2. The molecule has 4 rings (SSSR count). The Balaban J connectivity index is 1.56. The quantitative estimate of drug-likeness (QED) is 0.623. The number of thiazole rings is 1. The van der Waals surface area contributed by atoms with Crippen LogP contribution in [-0.2, 0) is 22.9 Å². The maximum absolute atomic E-state index is 12.8. The number of carbonyl (C=O) groups excluding carboxylic acids is 1. The largest absolute Gasteiger partial charge is 0.497 e. The highest BCUT2D eigenvalue weighted by Gasteiger charge is 2.21. The first-order valence-electron chi connectivity index (χ1n) is 9.02. The van der Waals surface area contributed by atoms with Crippen LogP contribution in [0.5, 0.6) is 5.75 Å². The summed E-state index contributed by atoms with van der Waals surface area (Å²) in [4.78, 5) is 18.5. The molecule has 0 atom stereocenters. The number of hydrogen-bond donors (Lipinski definition) is 2. The van der Waals surface area contributed by atoms with E-state index in [1.165, 1.54) is 35.5 Å². The summed E-state index contributed by atoms with van der Waals surface area (Å²) in [6, 6.07) is 12.5. The zero-order valence-corrected chi connectivity index (χ0v) is 17.3. The van der Waals surface area contributed by atoms with Crippen LogP contribution < -0.4 is 14.8 Å². The molecule has 9 heteroatoms. The second kappa shape index (κ2) is 7.84. The number of rotatable bonds is 6. The fourth-order valence-electron chi connectivity index (χ4n) is 3.14. The molecule has 0 aliphatic heterocycles. The minimum atomic E-state index is -3.86. The zero-order chi connectivity index (χ0) is 20.4. The number of benzene rings is 2. The lowest BCUT2D eigenvalue weighted by Crippen LogP contribution is -2.18. The number of hydrogen-bond acceptors (Lipinski definition) is 6. The summed E-state index contributed by atoms with van der Waals surface area (Å²) in [5.41, 5.74) is 1.46. The van der Waals surface area contributed by atoms with Gasteiger partial charge < -0.3 is 4.74 Å². The van der Waals surface area contributed by atoms with E-state index in [1.54, 1.807) is 36.4 Å². The van der Waals surface area contributed by atoms with Gasteiger partial charge in [-0.05, 0) is 55.7 Å². The molecule has 29 heavy (non-hydrogen) atoms. The Kier molecular flexibility index (Phi) is 5.25. The topological polar surface area (TPSA) is 97.4 Å². The number of amides is 1. The molecule has 7 nitrogen and oxygen atoms in total. The van der Waals surface area contributed by atoms with E-state index < -0.39 is 15.9 Å². The molecule has 0 fully saturated rings. The fraction of sp³-hybridized carbons (Fsp3) is 0.200. The van der Waals surface area contributed by atoms with Gasteiger partial charge in [-0.15, -0.1) is 11.3 Å². The van der Waals surface area contributed by atoms with E-state index in [9.17, 15) is 13.2 Å². The maximum atomic E-state index is 12.8. The van der Waals surface area contributed by atoms with E-state index in [0.717, 1.165) is 25.0 Å². The van der Waals surface area contributed by atoms with Gasteiger partial charge in [-0.2, -0.15) is 0 Å². The summed E-state index contributed by atoms with van der Waals surface area (Å²) in [6.45, 7) is 0. The number of aromatic nitrogens is 1. The third kappa shape index (κ3) is 4.10. The second-order valence-electron chi connectivity index (χ2n) is 6.52. The van der Waals surface area contributed by atoms with Crippen LogP contribution in [0.25, 0.3) is 0 Å². The highest BCUT2D eigenvalue weighted by atomic mass is 32.2. The predicted octanol–water partition coefficient (Wildman–Crippen LogP) is 3.69. The Morgan fingerprint density at radius 2 is 1.86 bits per heavy atom. The molecule has 0 spiro atoms. The molecule has 150 valence electrons. The average molecular weight is 430 g/mol. The summed E-state index contributed by atoms with van der Waals surface area (Å²) in [5, 5.41) is 3.32. The van der Waals surface area contributed by atoms with Crippen LogP contribution >= 0.6 is 11.3 Å². The van der Waals surface area contributed by atoms with Gasteiger partial charge in [0.15, 0.2) is 5.13 Å². The summed E-state index contributed by atoms with van der Waals surface area (Å²) < 4.78 is 33.0. The number of nitrogens with one attached hydrogen (secondary N) is 2. The van der Waals surface area contributed by atoms with Gasteiger partial charge in [-0.25, -0.2) is 13.4 Å². The SMILES string of the molecule is COc1ccc(S(=O)(=O)Nc2ccccc2C(=O)Nc2nc3c(s2)CCC3)cc1. The van der Waals surface area contributed by atoms with Crippen LogP contribution in [0, 0.1) is 0 Å². The molecule has 1 amide bonds. The minimum Gasteiger partial charge on any atom is -0.497 e. The summed E-state index contributed by atoms with van der Waals surface area (Å²) in [5.74, 6) is 0.143. The summed E-state index contributed by atoms with van der Waals surface area (Å²) >= 11 is 1.47. The van der Waals surface area contributed by atoms with Gasteiger partial charge in [0.1, 0.15) is 5.75 Å². The van der Waals surface area contributed by atoms with E-state index in [2.05, 4.69) is 15.0 Å². The smallest absolute Gasteiger partial charge is 0.261 e. The van der Waals surface area contributed by atoms with Crippen LogP contribution in [-0.4, -0.2) is 26.4 Å². The van der Waals surface area contributed by atoms with Crippen LogP contribution in [0.4, 0.5) is 10.8 Å². The van der Waals surface area contributed by atoms with Gasteiger partial charge in [0.05, 0.1) is 29.0 Å². The molecule has 1 aromatic heterocycles. The first kappa shape index (κ1) is 19.4. The van der Waals surface area contributed by atoms with E-state index in [4.69, 9.17) is 4.74 Å². The van der Waals surface area contributed by atoms with Crippen molar-refractivity contribution in [1.82, 2.24) is 4.98 Å². The number of methoxy groups -OCH3 is 1. The number of aryl methyl sites for hydroxylation is 2. The Bertz CT molecular complexity index is 1130. The number of carbonyl (C=O) groups is 1.